The molecule has 4 heteroatoms. The van der Waals surface area contributed by atoms with E-state index < -0.39 is 16.9 Å². The first-order valence-corrected chi connectivity index (χ1v) is 3.69. The van der Waals surface area contributed by atoms with Crippen molar-refractivity contribution in [2.75, 3.05) is 0 Å². The van der Waals surface area contributed by atoms with E-state index in [1.807, 2.05) is 0 Å². The standard InChI is InChI=1S/C8H5F2NS/c9-5-1-2-6(7(10)3-5)8(12)4-11/h1-3,8,12H. The van der Waals surface area contributed by atoms with Gasteiger partial charge in [-0.05, 0) is 6.07 Å². The minimum absolute atomic E-state index is 0.0993. The smallest absolute Gasteiger partial charge is 0.131 e. The van der Waals surface area contributed by atoms with Gasteiger partial charge in [0.1, 0.15) is 16.9 Å². The zero-order valence-electron chi connectivity index (χ0n) is 5.96. The van der Waals surface area contributed by atoms with Crippen LogP contribution < -0.4 is 0 Å². The Labute approximate surface area is 74.0 Å². The predicted octanol–water partition coefficient (Wildman–Crippen LogP) is 2.46. The van der Waals surface area contributed by atoms with E-state index in [0.29, 0.717) is 0 Å². The van der Waals surface area contributed by atoms with Gasteiger partial charge in [0.25, 0.3) is 0 Å². The molecule has 0 aliphatic carbocycles. The van der Waals surface area contributed by atoms with E-state index in [9.17, 15) is 8.78 Å². The van der Waals surface area contributed by atoms with Crippen molar-refractivity contribution in [3.63, 3.8) is 0 Å². The Morgan fingerprint density at radius 2 is 2.08 bits per heavy atom. The maximum absolute atomic E-state index is 12.8. The van der Waals surface area contributed by atoms with Crippen LogP contribution in [0.2, 0.25) is 0 Å². The third kappa shape index (κ3) is 1.74. The third-order valence-electron chi connectivity index (χ3n) is 1.38. The van der Waals surface area contributed by atoms with Crippen molar-refractivity contribution in [3.8, 4) is 6.07 Å². The van der Waals surface area contributed by atoms with Crippen LogP contribution in [-0.4, -0.2) is 0 Å². The van der Waals surface area contributed by atoms with Crippen molar-refractivity contribution in [1.29, 1.82) is 5.26 Å². The Kier molecular flexibility index (Phi) is 2.66. The fourth-order valence-corrected chi connectivity index (χ4v) is 1.00. The van der Waals surface area contributed by atoms with Gasteiger partial charge in [0, 0.05) is 11.6 Å². The lowest BCUT2D eigenvalue weighted by molar-refractivity contribution is 0.575. The minimum Gasteiger partial charge on any atom is -0.207 e. The van der Waals surface area contributed by atoms with Gasteiger partial charge >= 0.3 is 0 Å². The molecule has 0 N–H and O–H groups in total. The molecule has 0 aliphatic rings. The Balaban J connectivity index is 3.11. The van der Waals surface area contributed by atoms with E-state index in [-0.39, 0.29) is 5.56 Å². The first-order chi connectivity index (χ1) is 5.65. The highest BCUT2D eigenvalue weighted by Crippen LogP contribution is 2.22. The highest BCUT2D eigenvalue weighted by Gasteiger charge is 2.10. The molecular formula is C8H5F2NS. The van der Waals surface area contributed by atoms with Crippen LogP contribution in [0.1, 0.15) is 10.8 Å². The average molecular weight is 185 g/mol. The molecular weight excluding hydrogens is 180 g/mol. The van der Waals surface area contributed by atoms with E-state index >= 15 is 0 Å². The Morgan fingerprint density at radius 3 is 2.58 bits per heavy atom. The monoisotopic (exact) mass is 185 g/mol. The van der Waals surface area contributed by atoms with E-state index in [1.54, 1.807) is 6.07 Å². The summed E-state index contributed by atoms with van der Waals surface area (Å²) in [6.45, 7) is 0. The first-order valence-electron chi connectivity index (χ1n) is 3.18. The maximum atomic E-state index is 12.8. The van der Waals surface area contributed by atoms with Gasteiger partial charge in [-0.1, -0.05) is 6.07 Å². The average Bonchev–Trinajstić information content (AvgIpc) is 2.03. The summed E-state index contributed by atoms with van der Waals surface area (Å²) in [4.78, 5) is 0. The fraction of sp³-hybridized carbons (Fsp3) is 0.125. The third-order valence-corrected chi connectivity index (χ3v) is 1.77. The van der Waals surface area contributed by atoms with Gasteiger partial charge in [0.05, 0.1) is 6.07 Å². The zero-order valence-corrected chi connectivity index (χ0v) is 6.85. The summed E-state index contributed by atoms with van der Waals surface area (Å²) in [5, 5.41) is 7.55. The molecule has 0 amide bonds. The van der Waals surface area contributed by atoms with Crippen LogP contribution in [0, 0.1) is 23.0 Å². The predicted molar refractivity (Wildman–Crippen MR) is 43.7 cm³/mol. The minimum atomic E-state index is -0.842. The van der Waals surface area contributed by atoms with Crippen molar-refractivity contribution in [2.24, 2.45) is 0 Å². The number of nitriles is 1. The van der Waals surface area contributed by atoms with E-state index in [4.69, 9.17) is 5.26 Å². The maximum Gasteiger partial charge on any atom is 0.131 e. The first kappa shape index (κ1) is 9.01. The second-order valence-electron chi connectivity index (χ2n) is 2.20. The summed E-state index contributed by atoms with van der Waals surface area (Å²) in [5.74, 6) is -1.40. The van der Waals surface area contributed by atoms with Crippen LogP contribution >= 0.6 is 12.6 Å². The van der Waals surface area contributed by atoms with Crippen molar-refractivity contribution < 1.29 is 8.78 Å². The molecule has 0 aromatic heterocycles. The number of hydrogen-bond donors (Lipinski definition) is 1. The van der Waals surface area contributed by atoms with E-state index in [0.717, 1.165) is 12.1 Å². The van der Waals surface area contributed by atoms with Crippen LogP contribution in [0.3, 0.4) is 0 Å². The van der Waals surface area contributed by atoms with Crippen LogP contribution in [-0.2, 0) is 0 Å². The molecule has 1 aromatic carbocycles. The second-order valence-corrected chi connectivity index (χ2v) is 2.71. The van der Waals surface area contributed by atoms with Gasteiger partial charge in [-0.3, -0.25) is 0 Å². The van der Waals surface area contributed by atoms with Gasteiger partial charge in [-0.2, -0.15) is 17.9 Å². The molecule has 1 nitrogen and oxygen atoms in total. The largest absolute Gasteiger partial charge is 0.207 e. The zero-order chi connectivity index (χ0) is 9.14. The number of rotatable bonds is 1. The lowest BCUT2D eigenvalue weighted by Crippen LogP contribution is -1.92. The number of benzene rings is 1. The lowest BCUT2D eigenvalue weighted by atomic mass is 10.1. The Hall–Kier alpha value is -1.08. The summed E-state index contributed by atoms with van der Waals surface area (Å²) in [7, 11) is 0. The second kappa shape index (κ2) is 3.55. The molecule has 1 atom stereocenters. The molecule has 0 spiro atoms. The molecule has 1 unspecified atom stereocenters. The van der Waals surface area contributed by atoms with Gasteiger partial charge in [-0.15, -0.1) is 0 Å². The molecule has 0 fully saturated rings. The number of hydrogen-bond acceptors (Lipinski definition) is 2. The molecule has 0 saturated carbocycles. The number of thiol groups is 1. The van der Waals surface area contributed by atoms with E-state index in [1.165, 1.54) is 6.07 Å². The topological polar surface area (TPSA) is 23.8 Å². The van der Waals surface area contributed by atoms with Gasteiger partial charge in [-0.25, -0.2) is 8.78 Å². The molecule has 0 heterocycles. The van der Waals surface area contributed by atoms with Crippen LogP contribution in [0.25, 0.3) is 0 Å². The van der Waals surface area contributed by atoms with Gasteiger partial charge in [0.15, 0.2) is 0 Å². The molecule has 0 saturated heterocycles. The fourth-order valence-electron chi connectivity index (χ4n) is 0.793. The van der Waals surface area contributed by atoms with Gasteiger partial charge in [0.2, 0.25) is 0 Å². The Morgan fingerprint density at radius 1 is 1.42 bits per heavy atom. The lowest BCUT2D eigenvalue weighted by Gasteiger charge is -2.02. The quantitative estimate of drug-likeness (QED) is 0.667. The van der Waals surface area contributed by atoms with Crippen LogP contribution in [0.15, 0.2) is 18.2 Å². The van der Waals surface area contributed by atoms with Crippen molar-refractivity contribution in [3.05, 3.63) is 35.4 Å². The molecule has 12 heavy (non-hydrogen) atoms. The molecule has 0 radical (unpaired) electrons. The summed E-state index contributed by atoms with van der Waals surface area (Å²) in [6.07, 6.45) is 0. The van der Waals surface area contributed by atoms with Crippen molar-refractivity contribution in [2.45, 2.75) is 5.25 Å². The van der Waals surface area contributed by atoms with E-state index in [2.05, 4.69) is 12.6 Å². The Bertz CT molecular complexity index is 332. The number of halogens is 2. The molecule has 0 aliphatic heterocycles. The normalized spacial score (nSPS) is 12.2. The molecule has 1 aromatic rings. The van der Waals surface area contributed by atoms with Gasteiger partial charge < -0.3 is 0 Å². The van der Waals surface area contributed by atoms with Crippen molar-refractivity contribution in [1.82, 2.24) is 0 Å². The van der Waals surface area contributed by atoms with Crippen LogP contribution in [0.4, 0.5) is 8.78 Å². The summed E-state index contributed by atoms with van der Waals surface area (Å²) >= 11 is 3.80. The molecule has 62 valence electrons. The van der Waals surface area contributed by atoms with Crippen LogP contribution in [0.5, 0.6) is 0 Å². The highest BCUT2D eigenvalue weighted by molar-refractivity contribution is 7.80. The summed E-state index contributed by atoms with van der Waals surface area (Å²) in [5.41, 5.74) is 0.0993. The molecule has 0 bridgehead atoms. The SMILES string of the molecule is N#CC(S)c1ccc(F)cc1F. The number of nitrogens with zero attached hydrogens (tertiary/aromatic N) is 1. The summed E-state index contributed by atoms with van der Waals surface area (Å²) in [6, 6.07) is 4.79. The summed E-state index contributed by atoms with van der Waals surface area (Å²) < 4.78 is 25.2. The van der Waals surface area contributed by atoms with Crippen molar-refractivity contribution >= 4 is 12.6 Å². The highest BCUT2D eigenvalue weighted by atomic mass is 32.1. The molecule has 1 rings (SSSR count).